The topological polar surface area (TPSA) is 156 Å². The minimum atomic E-state index is -1.41. The van der Waals surface area contributed by atoms with Crippen molar-refractivity contribution in [2.45, 2.75) is 23.9 Å². The van der Waals surface area contributed by atoms with Gasteiger partial charge in [0.15, 0.2) is 0 Å². The van der Waals surface area contributed by atoms with Crippen molar-refractivity contribution < 1.29 is 29.0 Å². The molecule has 0 radical (unpaired) electrons. The molecule has 1 unspecified atom stereocenters. The molecule has 0 aliphatic carbocycles. The highest BCUT2D eigenvalue weighted by molar-refractivity contribution is 8.77. The predicted molar refractivity (Wildman–Crippen MR) is 73.8 cm³/mol. The second-order valence-electron chi connectivity index (χ2n) is 3.62. The zero-order valence-electron chi connectivity index (χ0n) is 10.3. The fraction of sp³-hybridized carbons (Fsp3) is 0.667. The number of rotatable bonds is 10. The van der Waals surface area contributed by atoms with E-state index in [1.807, 2.05) is 0 Å². The van der Waals surface area contributed by atoms with Gasteiger partial charge in [-0.3, -0.25) is 18.8 Å². The zero-order chi connectivity index (χ0) is 15.7. The largest absolute Gasteiger partial charge is 0.480 e. The van der Waals surface area contributed by atoms with Crippen molar-refractivity contribution in [2.24, 2.45) is 11.5 Å². The summed E-state index contributed by atoms with van der Waals surface area (Å²) in [6.07, 6.45) is -0.400. The molecule has 20 heavy (non-hydrogen) atoms. The van der Waals surface area contributed by atoms with E-state index in [0.29, 0.717) is 0 Å². The molecule has 116 valence electrons. The summed E-state index contributed by atoms with van der Waals surface area (Å²) in [5.41, 5.74) is 10.7. The van der Waals surface area contributed by atoms with Crippen LogP contribution in [0.25, 0.3) is 0 Å². The van der Waals surface area contributed by atoms with Gasteiger partial charge >= 0.3 is 11.9 Å². The normalized spacial score (nSPS) is 15.2. The van der Waals surface area contributed by atoms with E-state index in [0.717, 1.165) is 21.6 Å². The van der Waals surface area contributed by atoms with Crippen LogP contribution in [0.4, 0.5) is 4.39 Å². The molecule has 0 aliphatic rings. The first kappa shape index (κ1) is 19.0. The van der Waals surface area contributed by atoms with Gasteiger partial charge in [0, 0.05) is 5.75 Å². The molecule has 0 fully saturated rings. The number of nitrogens with one attached hydrogen (secondary N) is 1. The van der Waals surface area contributed by atoms with Gasteiger partial charge in [0.2, 0.25) is 5.91 Å². The number of carboxylic acids is 2. The van der Waals surface area contributed by atoms with Gasteiger partial charge in [-0.15, -0.1) is 0 Å². The Morgan fingerprint density at radius 2 is 1.80 bits per heavy atom. The number of nitrogens with two attached hydrogens (primary N) is 2. The van der Waals surface area contributed by atoms with Gasteiger partial charge in [0.1, 0.15) is 17.5 Å². The van der Waals surface area contributed by atoms with Crippen LogP contribution in [0.2, 0.25) is 0 Å². The molecule has 0 rings (SSSR count). The lowest BCUT2D eigenvalue weighted by atomic mass is 10.3. The first-order valence-electron chi connectivity index (χ1n) is 5.40. The van der Waals surface area contributed by atoms with E-state index in [1.165, 1.54) is 0 Å². The minimum Gasteiger partial charge on any atom is -0.480 e. The van der Waals surface area contributed by atoms with Gasteiger partial charge < -0.3 is 27.0 Å². The van der Waals surface area contributed by atoms with E-state index in [4.69, 9.17) is 21.7 Å². The maximum atomic E-state index is 12.0. The molecule has 0 aromatic carbocycles. The first-order chi connectivity index (χ1) is 9.29. The number of alkyl halides is 1. The summed E-state index contributed by atoms with van der Waals surface area (Å²) >= 11 is 0. The van der Waals surface area contributed by atoms with Crippen LogP contribution < -0.4 is 16.8 Å². The Balaban J connectivity index is 4.42. The SMILES string of the molecule is N[C@H](C(=O)O)C(NC(=O)CC[18F])SSC[C@H](N)C(=O)O. The van der Waals surface area contributed by atoms with Crippen molar-refractivity contribution in [3.63, 3.8) is 0 Å². The molecular weight excluding hydrogens is 312 g/mol. The molecular formula is C9H16FN3O5S2. The number of carboxylic acid groups (broad SMARTS) is 2. The Bertz CT molecular complexity index is 360. The third-order valence-electron chi connectivity index (χ3n) is 1.97. The maximum absolute atomic E-state index is 12.0. The lowest BCUT2D eigenvalue weighted by Crippen LogP contribution is -2.49. The van der Waals surface area contributed by atoms with E-state index < -0.39 is 48.4 Å². The quantitative estimate of drug-likeness (QED) is 0.250. The second-order valence-corrected chi connectivity index (χ2v) is 6.17. The van der Waals surface area contributed by atoms with Gasteiger partial charge in [-0.25, -0.2) is 0 Å². The smallest absolute Gasteiger partial charge is 0.323 e. The van der Waals surface area contributed by atoms with Crippen molar-refractivity contribution in [1.82, 2.24) is 5.32 Å². The first-order valence-corrected chi connectivity index (χ1v) is 7.78. The standard InChI is InChI=1S/C9H16FN3O5S2/c10-2-1-5(14)13-7(6(12)9(17)18)20-19-3-4(11)8(15)16/h4,6-7H,1-3,11-12H2,(H,13,14)(H,15,16)(H,17,18)/t4-,6-,7?/m0/s1/i10-1. The number of carbonyl (C=O) groups excluding carboxylic acids is 1. The highest BCUT2D eigenvalue weighted by atomic mass is 33.1. The molecule has 7 N–H and O–H groups in total. The van der Waals surface area contributed by atoms with E-state index in [-0.39, 0.29) is 5.75 Å². The Morgan fingerprint density at radius 1 is 1.20 bits per heavy atom. The van der Waals surface area contributed by atoms with Gasteiger partial charge in [0.25, 0.3) is 0 Å². The Kier molecular flexibility index (Phi) is 9.29. The van der Waals surface area contributed by atoms with Crippen molar-refractivity contribution in [3.8, 4) is 0 Å². The summed E-state index contributed by atoms with van der Waals surface area (Å²) in [5, 5.41) is 18.6. The molecule has 0 spiro atoms. The van der Waals surface area contributed by atoms with Crippen LogP contribution in [0.5, 0.6) is 0 Å². The molecule has 0 saturated heterocycles. The molecule has 0 aliphatic heterocycles. The van der Waals surface area contributed by atoms with E-state index in [2.05, 4.69) is 5.32 Å². The summed E-state index contributed by atoms with van der Waals surface area (Å²) in [6, 6.07) is -2.52. The van der Waals surface area contributed by atoms with Crippen LogP contribution in [0, 0.1) is 0 Å². The second kappa shape index (κ2) is 9.80. The average Bonchev–Trinajstić information content (AvgIpc) is 2.36. The summed E-state index contributed by atoms with van der Waals surface area (Å²) in [6.45, 7) is -0.872. The van der Waals surface area contributed by atoms with Gasteiger partial charge in [-0.2, -0.15) is 0 Å². The molecule has 0 heterocycles. The lowest BCUT2D eigenvalue weighted by molar-refractivity contribution is -0.139. The fourth-order valence-corrected chi connectivity index (χ4v) is 3.43. The van der Waals surface area contributed by atoms with Gasteiger partial charge in [-0.05, 0) is 0 Å². The molecule has 11 heteroatoms. The number of carbonyl (C=O) groups is 3. The van der Waals surface area contributed by atoms with E-state index in [9.17, 15) is 18.8 Å². The molecule has 0 aromatic rings. The highest BCUT2D eigenvalue weighted by Gasteiger charge is 2.27. The third-order valence-corrected chi connectivity index (χ3v) is 4.66. The number of hydrogen-bond acceptors (Lipinski definition) is 7. The van der Waals surface area contributed by atoms with Crippen LogP contribution >= 0.6 is 21.6 Å². The highest BCUT2D eigenvalue weighted by Crippen LogP contribution is 2.27. The summed E-state index contributed by atoms with van der Waals surface area (Å²) < 4.78 is 12.0. The van der Waals surface area contributed by atoms with Crippen LogP contribution in [0.1, 0.15) is 6.42 Å². The Hall–Kier alpha value is -1.04. The minimum absolute atomic E-state index is 0.00181. The van der Waals surface area contributed by atoms with Crippen LogP contribution in [0.15, 0.2) is 0 Å². The van der Waals surface area contributed by atoms with E-state index in [1.54, 1.807) is 0 Å². The summed E-state index contributed by atoms with van der Waals surface area (Å²) in [5.74, 6) is -3.21. The van der Waals surface area contributed by atoms with Crippen LogP contribution in [-0.4, -0.2) is 57.9 Å². The summed E-state index contributed by atoms with van der Waals surface area (Å²) in [4.78, 5) is 32.5. The third kappa shape index (κ3) is 7.53. The monoisotopic (exact) mass is 328 g/mol. The van der Waals surface area contributed by atoms with Crippen molar-refractivity contribution in [1.29, 1.82) is 0 Å². The average molecular weight is 328 g/mol. The molecule has 8 nitrogen and oxygen atoms in total. The van der Waals surface area contributed by atoms with Crippen LogP contribution in [0.3, 0.4) is 0 Å². The number of aliphatic carboxylic acids is 2. The fourth-order valence-electron chi connectivity index (χ4n) is 0.877. The number of amides is 1. The van der Waals surface area contributed by atoms with Gasteiger partial charge in [0.05, 0.1) is 13.1 Å². The van der Waals surface area contributed by atoms with Crippen molar-refractivity contribution in [3.05, 3.63) is 0 Å². The maximum Gasteiger partial charge on any atom is 0.323 e. The van der Waals surface area contributed by atoms with Gasteiger partial charge in [-0.1, -0.05) is 21.6 Å². The molecule has 0 aromatic heterocycles. The lowest BCUT2D eigenvalue weighted by Gasteiger charge is -2.21. The summed E-state index contributed by atoms with van der Waals surface area (Å²) in [7, 11) is 1.83. The van der Waals surface area contributed by atoms with Crippen molar-refractivity contribution in [2.75, 3.05) is 12.4 Å². The zero-order valence-corrected chi connectivity index (χ0v) is 12.0. The molecule has 0 saturated carbocycles. The Morgan fingerprint density at radius 3 is 2.25 bits per heavy atom. The number of halogens is 1. The van der Waals surface area contributed by atoms with Crippen molar-refractivity contribution >= 4 is 39.4 Å². The molecule has 3 atom stereocenters. The number of hydrogen-bond donors (Lipinski definition) is 5. The molecule has 0 bridgehead atoms. The molecule has 1 amide bonds. The predicted octanol–water partition coefficient (Wildman–Crippen LogP) is -1.01. The van der Waals surface area contributed by atoms with E-state index >= 15 is 0 Å². The van der Waals surface area contributed by atoms with Crippen LogP contribution in [-0.2, 0) is 14.4 Å². The Labute approximate surface area is 122 Å².